The number of alkyl halides is 3. The summed E-state index contributed by atoms with van der Waals surface area (Å²) in [5.74, 6) is 0. The molecule has 0 saturated carbocycles. The van der Waals surface area contributed by atoms with E-state index >= 15 is 0 Å². The van der Waals surface area contributed by atoms with Crippen molar-refractivity contribution in [2.75, 3.05) is 26.3 Å². The van der Waals surface area contributed by atoms with Crippen LogP contribution >= 0.6 is 0 Å². The smallest absolute Gasteiger partial charge is 0.380 e. The molecule has 0 aliphatic carbocycles. The quantitative estimate of drug-likeness (QED) is 0.702. The lowest BCUT2D eigenvalue weighted by Crippen LogP contribution is -2.26. The fraction of sp³-hybridized carbons (Fsp3) is 0.389. The highest BCUT2D eigenvalue weighted by Crippen LogP contribution is 2.31. The van der Waals surface area contributed by atoms with E-state index < -0.39 is 11.9 Å². The second-order valence-corrected chi connectivity index (χ2v) is 6.46. The fourth-order valence-corrected chi connectivity index (χ4v) is 3.17. The number of rotatable bonds is 3. The summed E-state index contributed by atoms with van der Waals surface area (Å²) in [6.45, 7) is 4.04. The Bertz CT molecular complexity index is 932. The van der Waals surface area contributed by atoms with E-state index in [4.69, 9.17) is 4.74 Å². The first-order valence-electron chi connectivity index (χ1n) is 8.67. The third kappa shape index (κ3) is 3.93. The van der Waals surface area contributed by atoms with Crippen LogP contribution < -0.4 is 0 Å². The van der Waals surface area contributed by atoms with Crippen LogP contribution in [0.1, 0.15) is 17.7 Å². The molecule has 0 aromatic carbocycles. The third-order valence-electron chi connectivity index (χ3n) is 4.49. The van der Waals surface area contributed by atoms with Crippen LogP contribution in [0.5, 0.6) is 0 Å². The average molecular weight is 377 g/mol. The molecule has 0 unspecified atom stereocenters. The molecule has 0 radical (unpaired) electrons. The van der Waals surface area contributed by atoms with E-state index in [-0.39, 0.29) is 0 Å². The van der Waals surface area contributed by atoms with Gasteiger partial charge in [-0.1, -0.05) is 0 Å². The maximum Gasteiger partial charge on any atom is 0.433 e. The molecule has 0 spiro atoms. The van der Waals surface area contributed by atoms with Gasteiger partial charge < -0.3 is 4.74 Å². The van der Waals surface area contributed by atoms with Crippen molar-refractivity contribution in [1.29, 1.82) is 0 Å². The summed E-state index contributed by atoms with van der Waals surface area (Å²) in [5.41, 5.74) is 1.50. The van der Waals surface area contributed by atoms with Crippen LogP contribution in [0.4, 0.5) is 13.2 Å². The van der Waals surface area contributed by atoms with Crippen LogP contribution in [0.3, 0.4) is 0 Å². The van der Waals surface area contributed by atoms with Crippen molar-refractivity contribution in [3.8, 4) is 11.1 Å². The first-order valence-corrected chi connectivity index (χ1v) is 8.67. The normalized spacial score (nSPS) is 16.6. The Morgan fingerprint density at radius 2 is 2.00 bits per heavy atom. The molecular weight excluding hydrogens is 359 g/mol. The van der Waals surface area contributed by atoms with Gasteiger partial charge in [-0.25, -0.2) is 9.50 Å². The lowest BCUT2D eigenvalue weighted by Gasteiger charge is -2.18. The molecule has 1 aliphatic heterocycles. The Morgan fingerprint density at radius 3 is 2.85 bits per heavy atom. The summed E-state index contributed by atoms with van der Waals surface area (Å²) in [4.78, 5) is 10.1. The summed E-state index contributed by atoms with van der Waals surface area (Å²) in [5, 5.41) is 4.27. The molecule has 4 heterocycles. The predicted octanol–water partition coefficient (Wildman–Crippen LogP) is 3.03. The minimum absolute atomic E-state index is 0.386. The summed E-state index contributed by atoms with van der Waals surface area (Å²) < 4.78 is 45.8. The van der Waals surface area contributed by atoms with Gasteiger partial charge in [-0.05, 0) is 24.1 Å². The number of hydrogen-bond acceptors (Lipinski definition) is 5. The van der Waals surface area contributed by atoms with E-state index in [1.54, 1.807) is 10.7 Å². The molecule has 9 heteroatoms. The summed E-state index contributed by atoms with van der Waals surface area (Å²) in [6.07, 6.45) is 2.79. The molecule has 0 bridgehead atoms. The zero-order valence-corrected chi connectivity index (χ0v) is 14.5. The van der Waals surface area contributed by atoms with Gasteiger partial charge in [0.05, 0.1) is 12.8 Å². The van der Waals surface area contributed by atoms with Crippen LogP contribution in [-0.2, 0) is 17.5 Å². The van der Waals surface area contributed by atoms with Gasteiger partial charge in [0.2, 0.25) is 0 Å². The SMILES string of the molecule is FC(F)(F)c1cc(-c2cnn3cc(CN4CCCOCC4)cnc23)ccn1. The van der Waals surface area contributed by atoms with Crippen molar-refractivity contribution >= 4 is 5.65 Å². The Kier molecular flexibility index (Phi) is 4.79. The first kappa shape index (κ1) is 17.9. The molecule has 4 rings (SSSR count). The van der Waals surface area contributed by atoms with Crippen molar-refractivity contribution < 1.29 is 17.9 Å². The minimum Gasteiger partial charge on any atom is -0.380 e. The standard InChI is InChI=1S/C18H18F3N5O/c19-18(20,21)16-8-14(2-3-22-16)15-10-24-26-12-13(9-23-17(15)26)11-25-4-1-6-27-7-5-25/h2-3,8-10,12H,1,4-7,11H2. The van der Waals surface area contributed by atoms with E-state index in [1.165, 1.54) is 12.3 Å². The summed E-state index contributed by atoms with van der Waals surface area (Å²) in [6, 6.07) is 2.54. The highest BCUT2D eigenvalue weighted by atomic mass is 19.4. The Hall–Kier alpha value is -2.52. The van der Waals surface area contributed by atoms with Crippen molar-refractivity contribution in [1.82, 2.24) is 24.5 Å². The molecule has 6 nitrogen and oxygen atoms in total. The van der Waals surface area contributed by atoms with E-state index in [0.29, 0.717) is 23.4 Å². The van der Waals surface area contributed by atoms with Crippen molar-refractivity contribution in [2.24, 2.45) is 0 Å². The minimum atomic E-state index is -4.49. The van der Waals surface area contributed by atoms with E-state index in [1.807, 2.05) is 6.20 Å². The molecule has 27 heavy (non-hydrogen) atoms. The molecule has 3 aromatic heterocycles. The van der Waals surface area contributed by atoms with Crippen molar-refractivity contribution in [3.05, 3.63) is 48.2 Å². The molecule has 0 amide bonds. The first-order chi connectivity index (χ1) is 13.0. The summed E-state index contributed by atoms with van der Waals surface area (Å²) >= 11 is 0. The number of halogens is 3. The van der Waals surface area contributed by atoms with Gasteiger partial charge in [-0.2, -0.15) is 18.3 Å². The average Bonchev–Trinajstić information content (AvgIpc) is 2.89. The van der Waals surface area contributed by atoms with Crippen LogP contribution in [0.15, 0.2) is 36.9 Å². The highest BCUT2D eigenvalue weighted by Gasteiger charge is 2.32. The van der Waals surface area contributed by atoms with Gasteiger partial charge in [-0.3, -0.25) is 9.88 Å². The van der Waals surface area contributed by atoms with Crippen molar-refractivity contribution in [2.45, 2.75) is 19.1 Å². The van der Waals surface area contributed by atoms with E-state index in [9.17, 15) is 13.2 Å². The van der Waals surface area contributed by atoms with Crippen LogP contribution in [0.2, 0.25) is 0 Å². The summed E-state index contributed by atoms with van der Waals surface area (Å²) in [7, 11) is 0. The topological polar surface area (TPSA) is 55.5 Å². The van der Waals surface area contributed by atoms with Crippen LogP contribution in [0.25, 0.3) is 16.8 Å². The third-order valence-corrected chi connectivity index (χ3v) is 4.49. The second-order valence-electron chi connectivity index (χ2n) is 6.46. The molecule has 0 N–H and O–H groups in total. The van der Waals surface area contributed by atoms with Crippen LogP contribution in [-0.4, -0.2) is 50.8 Å². The van der Waals surface area contributed by atoms with Crippen LogP contribution in [0, 0.1) is 0 Å². The number of ether oxygens (including phenoxy) is 1. The highest BCUT2D eigenvalue weighted by molar-refractivity contribution is 5.76. The van der Waals surface area contributed by atoms with Gasteiger partial charge in [0.1, 0.15) is 5.69 Å². The van der Waals surface area contributed by atoms with Gasteiger partial charge in [0.15, 0.2) is 5.65 Å². The van der Waals surface area contributed by atoms with Crippen molar-refractivity contribution in [3.63, 3.8) is 0 Å². The molecule has 142 valence electrons. The van der Waals surface area contributed by atoms with Gasteiger partial charge in [0, 0.05) is 56.0 Å². The monoisotopic (exact) mass is 377 g/mol. The largest absolute Gasteiger partial charge is 0.433 e. The number of nitrogens with zero attached hydrogens (tertiary/aromatic N) is 5. The number of fused-ring (bicyclic) bond motifs is 1. The lowest BCUT2D eigenvalue weighted by atomic mass is 10.1. The molecule has 3 aromatic rings. The number of hydrogen-bond donors (Lipinski definition) is 0. The maximum absolute atomic E-state index is 12.9. The zero-order valence-electron chi connectivity index (χ0n) is 14.5. The number of aromatic nitrogens is 4. The van der Waals surface area contributed by atoms with Gasteiger partial charge in [0.25, 0.3) is 0 Å². The Morgan fingerprint density at radius 1 is 1.11 bits per heavy atom. The van der Waals surface area contributed by atoms with Gasteiger partial charge >= 0.3 is 6.18 Å². The Balaban J connectivity index is 1.61. The van der Waals surface area contributed by atoms with E-state index in [2.05, 4.69) is 20.0 Å². The molecule has 1 fully saturated rings. The molecule has 1 saturated heterocycles. The fourth-order valence-electron chi connectivity index (χ4n) is 3.17. The Labute approximate surface area is 153 Å². The number of pyridine rings is 1. The zero-order chi connectivity index (χ0) is 18.9. The maximum atomic E-state index is 12.9. The molecule has 0 atom stereocenters. The predicted molar refractivity (Wildman–Crippen MR) is 91.9 cm³/mol. The second kappa shape index (κ2) is 7.24. The molecule has 1 aliphatic rings. The lowest BCUT2D eigenvalue weighted by molar-refractivity contribution is -0.141. The molecular formula is C18H18F3N5O. The van der Waals surface area contributed by atoms with E-state index in [0.717, 1.165) is 50.5 Å². The van der Waals surface area contributed by atoms with Gasteiger partial charge in [-0.15, -0.1) is 0 Å².